The number of amides is 1. The SMILES string of the molecule is CC(CCCC(=O)O)NC(=O)c1ccc2nc[nH]c2c1. The maximum absolute atomic E-state index is 12.1. The quantitative estimate of drug-likeness (QED) is 0.750. The van der Waals surface area contributed by atoms with E-state index in [0.29, 0.717) is 18.4 Å². The Labute approximate surface area is 116 Å². The van der Waals surface area contributed by atoms with Gasteiger partial charge < -0.3 is 15.4 Å². The number of carbonyl (C=O) groups is 2. The van der Waals surface area contributed by atoms with Crippen LogP contribution in [-0.4, -0.2) is 33.0 Å². The molecule has 0 radical (unpaired) electrons. The average molecular weight is 275 g/mol. The maximum Gasteiger partial charge on any atom is 0.303 e. The zero-order chi connectivity index (χ0) is 14.5. The molecule has 2 rings (SSSR count). The van der Waals surface area contributed by atoms with Gasteiger partial charge in [-0.25, -0.2) is 4.98 Å². The Morgan fingerprint density at radius 3 is 3.00 bits per heavy atom. The number of imidazole rings is 1. The van der Waals surface area contributed by atoms with Crippen LogP contribution in [0, 0.1) is 0 Å². The first-order chi connectivity index (χ1) is 9.56. The molecule has 6 heteroatoms. The average Bonchev–Trinajstić information content (AvgIpc) is 2.85. The fourth-order valence-electron chi connectivity index (χ4n) is 2.02. The molecule has 20 heavy (non-hydrogen) atoms. The molecule has 1 aromatic carbocycles. The van der Waals surface area contributed by atoms with Gasteiger partial charge in [-0.3, -0.25) is 9.59 Å². The van der Waals surface area contributed by atoms with E-state index in [1.54, 1.807) is 24.5 Å². The number of carbonyl (C=O) groups excluding carboxylic acids is 1. The van der Waals surface area contributed by atoms with E-state index in [1.165, 1.54) is 0 Å². The van der Waals surface area contributed by atoms with E-state index in [0.717, 1.165) is 11.0 Å². The van der Waals surface area contributed by atoms with Gasteiger partial charge in [-0.2, -0.15) is 0 Å². The molecule has 1 unspecified atom stereocenters. The van der Waals surface area contributed by atoms with Gasteiger partial charge in [0.15, 0.2) is 0 Å². The van der Waals surface area contributed by atoms with Crippen LogP contribution in [0.15, 0.2) is 24.5 Å². The molecule has 106 valence electrons. The highest BCUT2D eigenvalue weighted by Gasteiger charge is 2.11. The second kappa shape index (κ2) is 6.18. The minimum absolute atomic E-state index is 0.0562. The monoisotopic (exact) mass is 275 g/mol. The Bertz CT molecular complexity index is 621. The molecule has 6 nitrogen and oxygen atoms in total. The van der Waals surface area contributed by atoms with Crippen molar-refractivity contribution in [1.82, 2.24) is 15.3 Å². The van der Waals surface area contributed by atoms with Crippen LogP contribution in [0.4, 0.5) is 0 Å². The molecule has 0 saturated carbocycles. The van der Waals surface area contributed by atoms with Crippen molar-refractivity contribution in [2.75, 3.05) is 0 Å². The van der Waals surface area contributed by atoms with E-state index in [1.807, 2.05) is 6.92 Å². The van der Waals surface area contributed by atoms with Gasteiger partial charge in [-0.05, 0) is 38.0 Å². The number of aromatic amines is 1. The van der Waals surface area contributed by atoms with Crippen molar-refractivity contribution in [3.05, 3.63) is 30.1 Å². The third-order valence-corrected chi connectivity index (χ3v) is 3.09. The number of H-pyrrole nitrogens is 1. The Balaban J connectivity index is 1.91. The Morgan fingerprint density at radius 2 is 2.25 bits per heavy atom. The molecule has 0 aliphatic heterocycles. The van der Waals surface area contributed by atoms with E-state index in [-0.39, 0.29) is 18.4 Å². The zero-order valence-electron chi connectivity index (χ0n) is 11.2. The summed E-state index contributed by atoms with van der Waals surface area (Å²) in [6.07, 6.45) is 2.90. The van der Waals surface area contributed by atoms with Crippen molar-refractivity contribution in [2.45, 2.75) is 32.2 Å². The fraction of sp³-hybridized carbons (Fsp3) is 0.357. The van der Waals surface area contributed by atoms with Gasteiger partial charge in [0.05, 0.1) is 17.4 Å². The minimum atomic E-state index is -0.812. The number of benzene rings is 1. The number of nitrogens with zero attached hydrogens (tertiary/aromatic N) is 1. The molecule has 0 saturated heterocycles. The Morgan fingerprint density at radius 1 is 1.45 bits per heavy atom. The lowest BCUT2D eigenvalue weighted by Crippen LogP contribution is -2.32. The molecule has 0 bridgehead atoms. The van der Waals surface area contributed by atoms with Gasteiger partial charge in [-0.1, -0.05) is 0 Å². The lowest BCUT2D eigenvalue weighted by molar-refractivity contribution is -0.137. The third kappa shape index (κ3) is 3.57. The van der Waals surface area contributed by atoms with E-state index >= 15 is 0 Å². The fourth-order valence-corrected chi connectivity index (χ4v) is 2.02. The van der Waals surface area contributed by atoms with Gasteiger partial charge in [-0.15, -0.1) is 0 Å². The number of nitrogens with one attached hydrogen (secondary N) is 2. The summed E-state index contributed by atoms with van der Waals surface area (Å²) < 4.78 is 0. The maximum atomic E-state index is 12.1. The highest BCUT2D eigenvalue weighted by Crippen LogP contribution is 2.12. The number of hydrogen-bond acceptors (Lipinski definition) is 3. The first-order valence-corrected chi connectivity index (χ1v) is 6.52. The number of fused-ring (bicyclic) bond motifs is 1. The number of carboxylic acids is 1. The topological polar surface area (TPSA) is 95.1 Å². The summed E-state index contributed by atoms with van der Waals surface area (Å²) in [5, 5.41) is 11.4. The molecule has 1 amide bonds. The van der Waals surface area contributed by atoms with Crippen LogP contribution in [0.3, 0.4) is 0 Å². The molecular weight excluding hydrogens is 258 g/mol. The van der Waals surface area contributed by atoms with Gasteiger partial charge in [0.1, 0.15) is 0 Å². The van der Waals surface area contributed by atoms with Gasteiger partial charge in [0, 0.05) is 18.0 Å². The predicted molar refractivity (Wildman–Crippen MR) is 74.5 cm³/mol. The van der Waals surface area contributed by atoms with Crippen LogP contribution in [0.25, 0.3) is 11.0 Å². The standard InChI is InChI=1S/C14H17N3O3/c1-9(3-2-4-13(18)19)17-14(20)10-5-6-11-12(7-10)16-8-15-11/h5-9H,2-4H2,1H3,(H,15,16)(H,17,20)(H,18,19). The van der Waals surface area contributed by atoms with Crippen LogP contribution in [-0.2, 0) is 4.79 Å². The van der Waals surface area contributed by atoms with E-state index in [2.05, 4.69) is 15.3 Å². The largest absolute Gasteiger partial charge is 0.481 e. The lowest BCUT2D eigenvalue weighted by atomic mass is 10.1. The number of aliphatic carboxylic acids is 1. The summed E-state index contributed by atoms with van der Waals surface area (Å²) in [5.41, 5.74) is 2.19. The van der Waals surface area contributed by atoms with Crippen molar-refractivity contribution in [3.63, 3.8) is 0 Å². The second-order valence-electron chi connectivity index (χ2n) is 4.79. The molecule has 1 atom stereocenters. The van der Waals surface area contributed by atoms with Crippen LogP contribution in [0.5, 0.6) is 0 Å². The molecule has 2 aromatic rings. The Hall–Kier alpha value is -2.37. The van der Waals surface area contributed by atoms with Crippen molar-refractivity contribution in [3.8, 4) is 0 Å². The normalized spacial score (nSPS) is 12.2. The van der Waals surface area contributed by atoms with E-state index in [9.17, 15) is 9.59 Å². The number of hydrogen-bond donors (Lipinski definition) is 3. The van der Waals surface area contributed by atoms with Crippen molar-refractivity contribution >= 4 is 22.9 Å². The highest BCUT2D eigenvalue weighted by atomic mass is 16.4. The molecule has 0 aliphatic rings. The van der Waals surface area contributed by atoms with Crippen molar-refractivity contribution in [1.29, 1.82) is 0 Å². The van der Waals surface area contributed by atoms with Crippen LogP contribution >= 0.6 is 0 Å². The van der Waals surface area contributed by atoms with Crippen molar-refractivity contribution < 1.29 is 14.7 Å². The van der Waals surface area contributed by atoms with Gasteiger partial charge in [0.2, 0.25) is 0 Å². The second-order valence-corrected chi connectivity index (χ2v) is 4.79. The minimum Gasteiger partial charge on any atom is -0.481 e. The molecule has 0 aliphatic carbocycles. The summed E-state index contributed by atoms with van der Waals surface area (Å²) in [7, 11) is 0. The predicted octanol–water partition coefficient (Wildman–Crippen LogP) is 1.94. The molecule has 1 aromatic heterocycles. The zero-order valence-corrected chi connectivity index (χ0v) is 11.2. The summed E-state index contributed by atoms with van der Waals surface area (Å²) >= 11 is 0. The summed E-state index contributed by atoms with van der Waals surface area (Å²) in [6, 6.07) is 5.21. The highest BCUT2D eigenvalue weighted by molar-refractivity contribution is 5.97. The van der Waals surface area contributed by atoms with Crippen molar-refractivity contribution in [2.24, 2.45) is 0 Å². The molecule has 3 N–H and O–H groups in total. The summed E-state index contributed by atoms with van der Waals surface area (Å²) in [4.78, 5) is 29.5. The summed E-state index contributed by atoms with van der Waals surface area (Å²) in [6.45, 7) is 1.87. The van der Waals surface area contributed by atoms with Gasteiger partial charge in [0.25, 0.3) is 5.91 Å². The Kier molecular flexibility index (Phi) is 4.34. The van der Waals surface area contributed by atoms with E-state index < -0.39 is 5.97 Å². The van der Waals surface area contributed by atoms with Crippen LogP contribution < -0.4 is 5.32 Å². The van der Waals surface area contributed by atoms with Crippen LogP contribution in [0.1, 0.15) is 36.5 Å². The smallest absolute Gasteiger partial charge is 0.303 e. The lowest BCUT2D eigenvalue weighted by Gasteiger charge is -2.13. The number of aromatic nitrogens is 2. The first-order valence-electron chi connectivity index (χ1n) is 6.52. The molecular formula is C14H17N3O3. The molecule has 1 heterocycles. The van der Waals surface area contributed by atoms with E-state index in [4.69, 9.17) is 5.11 Å². The van der Waals surface area contributed by atoms with Crippen LogP contribution in [0.2, 0.25) is 0 Å². The molecule has 0 spiro atoms. The molecule has 0 fully saturated rings. The third-order valence-electron chi connectivity index (χ3n) is 3.09. The van der Waals surface area contributed by atoms with Gasteiger partial charge >= 0.3 is 5.97 Å². The first kappa shape index (κ1) is 14.0. The number of carboxylic acid groups (broad SMARTS) is 1. The number of rotatable bonds is 6. The summed E-state index contributed by atoms with van der Waals surface area (Å²) in [5.74, 6) is -0.974.